The second-order valence-electron chi connectivity index (χ2n) is 4.31. The molecule has 0 unspecified atom stereocenters. The standard InChI is InChI=1S/C12H16ClN3S2/c1-8(2)14-6-3-4-10-15-16-12(18-10)11-9(13)5-7-17-11/h5,7-8,14H,3-4,6H2,1-2H3. The van der Waals surface area contributed by atoms with Crippen LogP contribution in [-0.4, -0.2) is 22.8 Å². The van der Waals surface area contributed by atoms with E-state index in [1.165, 1.54) is 0 Å². The van der Waals surface area contributed by atoms with Crippen molar-refractivity contribution in [1.29, 1.82) is 0 Å². The van der Waals surface area contributed by atoms with Gasteiger partial charge in [-0.3, -0.25) is 0 Å². The number of nitrogens with zero attached hydrogens (tertiary/aromatic N) is 2. The molecule has 3 nitrogen and oxygen atoms in total. The van der Waals surface area contributed by atoms with E-state index in [0.29, 0.717) is 6.04 Å². The molecular weight excluding hydrogens is 286 g/mol. The molecule has 2 aromatic rings. The zero-order chi connectivity index (χ0) is 13.0. The van der Waals surface area contributed by atoms with Gasteiger partial charge < -0.3 is 5.32 Å². The lowest BCUT2D eigenvalue weighted by atomic mass is 10.3. The highest BCUT2D eigenvalue weighted by Crippen LogP contribution is 2.34. The first kappa shape index (κ1) is 13.9. The first-order valence-corrected chi connectivity index (χ1v) is 8.03. The van der Waals surface area contributed by atoms with Gasteiger partial charge in [0, 0.05) is 12.5 Å². The van der Waals surface area contributed by atoms with E-state index >= 15 is 0 Å². The maximum atomic E-state index is 6.08. The van der Waals surface area contributed by atoms with Crippen LogP contribution in [0.3, 0.4) is 0 Å². The Hall–Kier alpha value is -0.490. The van der Waals surface area contributed by atoms with Gasteiger partial charge in [-0.25, -0.2) is 0 Å². The first-order chi connectivity index (χ1) is 8.66. The van der Waals surface area contributed by atoms with Gasteiger partial charge in [-0.1, -0.05) is 36.8 Å². The topological polar surface area (TPSA) is 37.8 Å². The van der Waals surface area contributed by atoms with Gasteiger partial charge in [0.05, 0.1) is 9.90 Å². The van der Waals surface area contributed by atoms with Crippen LogP contribution in [0, 0.1) is 0 Å². The van der Waals surface area contributed by atoms with Crippen LogP contribution in [-0.2, 0) is 6.42 Å². The molecule has 0 aliphatic carbocycles. The fourth-order valence-electron chi connectivity index (χ4n) is 1.52. The van der Waals surface area contributed by atoms with E-state index in [1.54, 1.807) is 22.7 Å². The Bertz CT molecular complexity index is 493. The second kappa shape index (κ2) is 6.61. The highest BCUT2D eigenvalue weighted by Gasteiger charge is 2.11. The summed E-state index contributed by atoms with van der Waals surface area (Å²) in [5.74, 6) is 0. The van der Waals surface area contributed by atoms with E-state index in [-0.39, 0.29) is 0 Å². The molecule has 2 heterocycles. The van der Waals surface area contributed by atoms with Crippen molar-refractivity contribution in [1.82, 2.24) is 15.5 Å². The fourth-order valence-corrected chi connectivity index (χ4v) is 3.71. The number of thiophene rings is 1. The van der Waals surface area contributed by atoms with Gasteiger partial charge in [0.15, 0.2) is 5.01 Å². The monoisotopic (exact) mass is 301 g/mol. The third kappa shape index (κ3) is 3.75. The second-order valence-corrected chi connectivity index (χ2v) is 6.70. The molecule has 0 aliphatic rings. The number of halogens is 1. The summed E-state index contributed by atoms with van der Waals surface area (Å²) >= 11 is 9.34. The van der Waals surface area contributed by atoms with Crippen molar-refractivity contribution in [3.63, 3.8) is 0 Å². The van der Waals surface area contributed by atoms with Crippen LogP contribution in [0.2, 0.25) is 5.02 Å². The molecule has 0 aromatic carbocycles. The fraction of sp³-hybridized carbons (Fsp3) is 0.500. The van der Waals surface area contributed by atoms with Crippen LogP contribution in [0.5, 0.6) is 0 Å². The van der Waals surface area contributed by atoms with Crippen LogP contribution in [0.25, 0.3) is 9.88 Å². The number of rotatable bonds is 6. The minimum absolute atomic E-state index is 0.542. The lowest BCUT2D eigenvalue weighted by Crippen LogP contribution is -2.23. The Morgan fingerprint density at radius 2 is 2.22 bits per heavy atom. The van der Waals surface area contributed by atoms with Gasteiger partial charge in [-0.05, 0) is 24.4 Å². The summed E-state index contributed by atoms with van der Waals surface area (Å²) in [6.07, 6.45) is 2.06. The molecule has 0 saturated heterocycles. The Labute approximate surface area is 120 Å². The summed E-state index contributed by atoms with van der Waals surface area (Å²) in [6.45, 7) is 5.33. The van der Waals surface area contributed by atoms with Crippen LogP contribution in [0.4, 0.5) is 0 Å². The Morgan fingerprint density at radius 3 is 2.89 bits per heavy atom. The van der Waals surface area contributed by atoms with Crippen LogP contribution >= 0.6 is 34.3 Å². The van der Waals surface area contributed by atoms with E-state index < -0.39 is 0 Å². The quantitative estimate of drug-likeness (QED) is 0.824. The Morgan fingerprint density at radius 1 is 1.39 bits per heavy atom. The van der Waals surface area contributed by atoms with Gasteiger partial charge in [-0.2, -0.15) is 0 Å². The predicted molar refractivity (Wildman–Crippen MR) is 79.7 cm³/mol. The summed E-state index contributed by atoms with van der Waals surface area (Å²) in [4.78, 5) is 1.03. The lowest BCUT2D eigenvalue weighted by molar-refractivity contribution is 0.569. The molecule has 0 amide bonds. The zero-order valence-electron chi connectivity index (χ0n) is 10.4. The minimum Gasteiger partial charge on any atom is -0.315 e. The number of aromatic nitrogens is 2. The van der Waals surface area contributed by atoms with Gasteiger partial charge in [0.2, 0.25) is 0 Å². The Kier molecular flexibility index (Phi) is 5.12. The van der Waals surface area contributed by atoms with E-state index in [0.717, 1.165) is 39.3 Å². The smallest absolute Gasteiger partial charge is 0.159 e. The van der Waals surface area contributed by atoms with Crippen LogP contribution in [0.15, 0.2) is 11.4 Å². The molecule has 0 saturated carbocycles. The number of hydrogen-bond donors (Lipinski definition) is 1. The zero-order valence-corrected chi connectivity index (χ0v) is 12.8. The Balaban J connectivity index is 1.89. The molecule has 18 heavy (non-hydrogen) atoms. The van der Waals surface area contributed by atoms with Crippen molar-refractivity contribution in [2.75, 3.05) is 6.54 Å². The van der Waals surface area contributed by atoms with E-state index in [9.17, 15) is 0 Å². The summed E-state index contributed by atoms with van der Waals surface area (Å²) < 4.78 is 0. The molecule has 0 atom stereocenters. The average molecular weight is 302 g/mol. The first-order valence-electron chi connectivity index (χ1n) is 5.96. The van der Waals surface area contributed by atoms with Crippen molar-refractivity contribution in [3.8, 4) is 9.88 Å². The molecule has 1 N–H and O–H groups in total. The molecular formula is C12H16ClN3S2. The minimum atomic E-state index is 0.542. The number of aryl methyl sites for hydroxylation is 1. The van der Waals surface area contributed by atoms with Crippen molar-refractivity contribution < 1.29 is 0 Å². The van der Waals surface area contributed by atoms with E-state index in [1.807, 2.05) is 11.4 Å². The van der Waals surface area contributed by atoms with E-state index in [4.69, 9.17) is 11.6 Å². The van der Waals surface area contributed by atoms with Crippen molar-refractivity contribution in [2.24, 2.45) is 0 Å². The highest BCUT2D eigenvalue weighted by molar-refractivity contribution is 7.21. The summed E-state index contributed by atoms with van der Waals surface area (Å²) in [5, 5.41) is 16.6. The third-order valence-electron chi connectivity index (χ3n) is 2.40. The van der Waals surface area contributed by atoms with Gasteiger partial charge in [-0.15, -0.1) is 21.5 Å². The molecule has 0 spiro atoms. The maximum absolute atomic E-state index is 6.08. The molecule has 0 radical (unpaired) electrons. The van der Waals surface area contributed by atoms with Gasteiger partial charge in [0.1, 0.15) is 5.01 Å². The normalized spacial score (nSPS) is 11.3. The van der Waals surface area contributed by atoms with Gasteiger partial charge in [0.25, 0.3) is 0 Å². The van der Waals surface area contributed by atoms with Crippen LogP contribution < -0.4 is 5.32 Å². The summed E-state index contributed by atoms with van der Waals surface area (Å²) in [7, 11) is 0. The van der Waals surface area contributed by atoms with Crippen molar-refractivity contribution in [2.45, 2.75) is 32.7 Å². The summed E-state index contributed by atoms with van der Waals surface area (Å²) in [5.41, 5.74) is 0. The molecule has 98 valence electrons. The van der Waals surface area contributed by atoms with Crippen LogP contribution in [0.1, 0.15) is 25.3 Å². The molecule has 0 fully saturated rings. The van der Waals surface area contributed by atoms with E-state index in [2.05, 4.69) is 29.4 Å². The SMILES string of the molecule is CC(C)NCCCc1nnc(-c2sccc2Cl)s1. The average Bonchev–Trinajstić information content (AvgIpc) is 2.92. The van der Waals surface area contributed by atoms with Gasteiger partial charge >= 0.3 is 0 Å². The molecule has 6 heteroatoms. The molecule has 0 bridgehead atoms. The maximum Gasteiger partial charge on any atom is 0.159 e. The molecule has 0 aliphatic heterocycles. The number of hydrogen-bond acceptors (Lipinski definition) is 5. The predicted octanol–water partition coefficient (Wildman–Crippen LogP) is 3.85. The largest absolute Gasteiger partial charge is 0.315 e. The van der Waals surface area contributed by atoms with Crippen molar-refractivity contribution in [3.05, 3.63) is 21.5 Å². The molecule has 2 rings (SSSR count). The number of nitrogens with one attached hydrogen (secondary N) is 1. The summed E-state index contributed by atoms with van der Waals surface area (Å²) in [6, 6.07) is 2.44. The molecule has 2 aromatic heterocycles. The van der Waals surface area contributed by atoms with Crippen molar-refractivity contribution >= 4 is 34.3 Å². The third-order valence-corrected chi connectivity index (χ3v) is 4.88. The highest BCUT2D eigenvalue weighted by atomic mass is 35.5. The lowest BCUT2D eigenvalue weighted by Gasteiger charge is -2.05.